The van der Waals surface area contributed by atoms with Gasteiger partial charge < -0.3 is 43.3 Å². The molecule has 2 aromatic rings. The predicted molar refractivity (Wildman–Crippen MR) is 138 cm³/mol. The Morgan fingerprint density at radius 3 is 2.44 bits per heavy atom. The van der Waals surface area contributed by atoms with Crippen LogP contribution in [0.3, 0.4) is 0 Å². The second-order valence-corrected chi connectivity index (χ2v) is 9.67. The fraction of sp³-hybridized carbons (Fsp3) is 0.429. The van der Waals surface area contributed by atoms with Crippen molar-refractivity contribution in [2.45, 2.75) is 18.9 Å². The highest BCUT2D eigenvalue weighted by Gasteiger charge is 2.48. The third-order valence-corrected chi connectivity index (χ3v) is 7.52. The Morgan fingerprint density at radius 1 is 0.949 bits per heavy atom. The average molecular weight is 539 g/mol. The number of nitrogens with zero attached hydrogens (tertiary/aromatic N) is 2. The van der Waals surface area contributed by atoms with Gasteiger partial charge in [0.25, 0.3) is 11.7 Å². The van der Waals surface area contributed by atoms with Crippen molar-refractivity contribution >= 4 is 17.4 Å². The second kappa shape index (κ2) is 10.2. The maximum atomic E-state index is 13.6. The van der Waals surface area contributed by atoms with Gasteiger partial charge in [0.1, 0.15) is 19.0 Å². The van der Waals surface area contributed by atoms with Crippen molar-refractivity contribution in [2.24, 2.45) is 0 Å². The highest BCUT2D eigenvalue weighted by Crippen LogP contribution is 2.54. The Labute approximate surface area is 225 Å². The van der Waals surface area contributed by atoms with Gasteiger partial charge in [0.05, 0.1) is 25.8 Å². The zero-order chi connectivity index (χ0) is 27.1. The van der Waals surface area contributed by atoms with Crippen LogP contribution in [0.25, 0.3) is 5.76 Å². The van der Waals surface area contributed by atoms with E-state index in [-0.39, 0.29) is 24.7 Å². The molecule has 4 heterocycles. The molecule has 1 unspecified atom stereocenters. The molecule has 4 aliphatic heterocycles. The van der Waals surface area contributed by atoms with Gasteiger partial charge in [-0.15, -0.1) is 0 Å². The minimum atomic E-state index is -0.959. The van der Waals surface area contributed by atoms with Gasteiger partial charge in [-0.25, -0.2) is 0 Å². The van der Waals surface area contributed by atoms with Crippen molar-refractivity contribution in [2.75, 3.05) is 60.4 Å². The molecule has 1 N–H and O–H groups in total. The van der Waals surface area contributed by atoms with Crippen LogP contribution < -0.4 is 28.4 Å². The highest BCUT2D eigenvalue weighted by molar-refractivity contribution is 6.46. The maximum Gasteiger partial charge on any atom is 0.295 e. The Bertz CT molecular complexity index is 1350. The zero-order valence-corrected chi connectivity index (χ0v) is 21.9. The SMILES string of the molecule is COc1cc(C2C(=C(O)c3ccc4c(c3)OCCO4)C(=O)C(=O)N2CCN2CCCC2)c(OC)c2c1OCO2. The Morgan fingerprint density at radius 2 is 1.69 bits per heavy atom. The molecule has 39 heavy (non-hydrogen) atoms. The highest BCUT2D eigenvalue weighted by atomic mass is 16.7. The first-order valence-electron chi connectivity index (χ1n) is 13.0. The molecule has 2 fully saturated rings. The Kier molecular flexibility index (Phi) is 6.59. The summed E-state index contributed by atoms with van der Waals surface area (Å²) >= 11 is 0. The van der Waals surface area contributed by atoms with E-state index in [1.165, 1.54) is 19.1 Å². The molecule has 0 radical (unpaired) electrons. The summed E-state index contributed by atoms with van der Waals surface area (Å²) in [4.78, 5) is 30.8. The van der Waals surface area contributed by atoms with Crippen molar-refractivity contribution in [1.29, 1.82) is 0 Å². The molecular weight excluding hydrogens is 508 g/mol. The summed E-state index contributed by atoms with van der Waals surface area (Å²) in [6.07, 6.45) is 2.19. The molecule has 2 aromatic carbocycles. The number of ketones is 1. The minimum Gasteiger partial charge on any atom is -0.507 e. The summed E-state index contributed by atoms with van der Waals surface area (Å²) in [5, 5.41) is 11.6. The summed E-state index contributed by atoms with van der Waals surface area (Å²) < 4.78 is 33.9. The number of aliphatic hydroxyl groups excluding tert-OH is 1. The van der Waals surface area contributed by atoms with Gasteiger partial charge in [0.15, 0.2) is 23.0 Å². The average Bonchev–Trinajstić information content (AvgIpc) is 3.71. The second-order valence-electron chi connectivity index (χ2n) is 9.67. The van der Waals surface area contributed by atoms with Crippen LogP contribution in [0.2, 0.25) is 0 Å². The van der Waals surface area contributed by atoms with E-state index < -0.39 is 17.7 Å². The molecule has 0 aliphatic carbocycles. The molecule has 0 bridgehead atoms. The molecule has 1 atom stereocenters. The summed E-state index contributed by atoms with van der Waals surface area (Å²) in [7, 11) is 2.97. The van der Waals surface area contributed by atoms with Crippen LogP contribution >= 0.6 is 0 Å². The molecule has 6 rings (SSSR count). The molecule has 1 amide bonds. The van der Waals surface area contributed by atoms with Gasteiger partial charge in [-0.3, -0.25) is 9.59 Å². The van der Waals surface area contributed by atoms with Crippen LogP contribution in [0.1, 0.15) is 30.0 Å². The van der Waals surface area contributed by atoms with E-state index in [1.807, 2.05) is 0 Å². The molecule has 4 aliphatic rings. The number of ether oxygens (including phenoxy) is 6. The molecule has 0 saturated carbocycles. The van der Waals surface area contributed by atoms with Crippen LogP contribution in [-0.4, -0.2) is 87.0 Å². The van der Waals surface area contributed by atoms with Crippen LogP contribution in [0, 0.1) is 0 Å². The lowest BCUT2D eigenvalue weighted by molar-refractivity contribution is -0.140. The van der Waals surface area contributed by atoms with Crippen LogP contribution in [-0.2, 0) is 9.59 Å². The number of hydrogen-bond donors (Lipinski definition) is 1. The van der Waals surface area contributed by atoms with Gasteiger partial charge in [-0.1, -0.05) is 0 Å². The predicted octanol–water partition coefficient (Wildman–Crippen LogP) is 2.72. The summed E-state index contributed by atoms with van der Waals surface area (Å²) in [6.45, 7) is 3.51. The summed E-state index contributed by atoms with van der Waals surface area (Å²) in [5.74, 6) is 0.546. The lowest BCUT2D eigenvalue weighted by Gasteiger charge is -2.29. The number of Topliss-reactive ketones (excluding diaryl/α,β-unsaturated/α-hetero) is 1. The van der Waals surface area contributed by atoms with Crippen molar-refractivity contribution in [3.05, 3.63) is 41.0 Å². The van der Waals surface area contributed by atoms with Crippen LogP contribution in [0.15, 0.2) is 29.8 Å². The van der Waals surface area contributed by atoms with Gasteiger partial charge in [-0.05, 0) is 50.2 Å². The molecule has 0 spiro atoms. The van der Waals surface area contributed by atoms with E-state index in [4.69, 9.17) is 28.4 Å². The molecule has 11 nitrogen and oxygen atoms in total. The fourth-order valence-electron chi connectivity index (χ4n) is 5.63. The monoisotopic (exact) mass is 538 g/mol. The number of carbonyl (C=O) groups excluding carboxylic acids is 2. The van der Waals surface area contributed by atoms with Crippen molar-refractivity contribution in [3.8, 4) is 34.5 Å². The smallest absolute Gasteiger partial charge is 0.295 e. The van der Waals surface area contributed by atoms with E-state index in [9.17, 15) is 14.7 Å². The van der Waals surface area contributed by atoms with E-state index in [2.05, 4.69) is 4.90 Å². The van der Waals surface area contributed by atoms with E-state index in [1.54, 1.807) is 24.3 Å². The summed E-state index contributed by atoms with van der Waals surface area (Å²) in [6, 6.07) is 5.62. The molecule has 206 valence electrons. The standard InChI is InChI=1S/C28H30N2O9/c1-34-20-14-17(25(35-2)27-26(20)38-15-39-27)22-21(23(31)16-5-6-18-19(13-16)37-12-11-36-18)24(32)28(33)30(22)10-9-29-7-3-4-8-29/h5-6,13-14,22,31H,3-4,7-12,15H2,1-2H3. The number of rotatable bonds is 7. The number of likely N-dealkylation sites (tertiary alicyclic amines) is 2. The quantitative estimate of drug-likeness (QED) is 0.320. The fourth-order valence-corrected chi connectivity index (χ4v) is 5.63. The third kappa shape index (κ3) is 4.26. The lowest BCUT2D eigenvalue weighted by Crippen LogP contribution is -2.37. The van der Waals surface area contributed by atoms with Crippen LogP contribution in [0.5, 0.6) is 34.5 Å². The number of hydrogen-bond acceptors (Lipinski definition) is 10. The zero-order valence-electron chi connectivity index (χ0n) is 21.9. The normalized spacial score (nSPS) is 21.5. The van der Waals surface area contributed by atoms with Gasteiger partial charge in [0, 0.05) is 24.2 Å². The molecular formula is C28H30N2O9. The Hall–Kier alpha value is -4.12. The van der Waals surface area contributed by atoms with E-state index in [0.29, 0.717) is 65.4 Å². The van der Waals surface area contributed by atoms with Gasteiger partial charge in [0.2, 0.25) is 18.3 Å². The number of amides is 1. The summed E-state index contributed by atoms with van der Waals surface area (Å²) in [5.41, 5.74) is 0.712. The lowest BCUT2D eigenvalue weighted by atomic mass is 9.93. The first-order chi connectivity index (χ1) is 19.0. The first-order valence-corrected chi connectivity index (χ1v) is 13.0. The first kappa shape index (κ1) is 25.2. The van der Waals surface area contributed by atoms with Crippen LogP contribution in [0.4, 0.5) is 0 Å². The number of carbonyl (C=O) groups is 2. The number of fused-ring (bicyclic) bond motifs is 2. The molecule has 2 saturated heterocycles. The number of aliphatic hydroxyl groups is 1. The number of methoxy groups -OCH3 is 2. The maximum absolute atomic E-state index is 13.6. The largest absolute Gasteiger partial charge is 0.507 e. The van der Waals surface area contributed by atoms with Gasteiger partial charge >= 0.3 is 0 Å². The van der Waals surface area contributed by atoms with Crippen molar-refractivity contribution in [1.82, 2.24) is 9.80 Å². The molecule has 11 heteroatoms. The molecule has 0 aromatic heterocycles. The van der Waals surface area contributed by atoms with E-state index >= 15 is 0 Å². The van der Waals surface area contributed by atoms with Crippen molar-refractivity contribution < 1.29 is 43.1 Å². The number of benzene rings is 2. The topological polar surface area (TPSA) is 116 Å². The van der Waals surface area contributed by atoms with Crippen molar-refractivity contribution in [3.63, 3.8) is 0 Å². The third-order valence-electron chi connectivity index (χ3n) is 7.52. The Balaban J connectivity index is 1.50. The minimum absolute atomic E-state index is 0.0299. The van der Waals surface area contributed by atoms with E-state index in [0.717, 1.165) is 25.9 Å². The van der Waals surface area contributed by atoms with Gasteiger partial charge in [-0.2, -0.15) is 0 Å².